The third-order valence-electron chi connectivity index (χ3n) is 5.10. The topological polar surface area (TPSA) is 52.6 Å². The van der Waals surface area contributed by atoms with Crippen LogP contribution in [0.25, 0.3) is 0 Å². The summed E-state index contributed by atoms with van der Waals surface area (Å²) in [5.74, 6) is 0.536. The lowest BCUT2D eigenvalue weighted by molar-refractivity contribution is -0.0597. The zero-order chi connectivity index (χ0) is 18.6. The van der Waals surface area contributed by atoms with Crippen molar-refractivity contribution < 1.29 is 30.5 Å². The van der Waals surface area contributed by atoms with Crippen LogP contribution < -0.4 is 4.74 Å². The Bertz CT molecular complexity index is 955. The zero-order valence-corrected chi connectivity index (χ0v) is 14.3. The van der Waals surface area contributed by atoms with Gasteiger partial charge in [0.2, 0.25) is 0 Å². The minimum absolute atomic E-state index is 0.0832. The van der Waals surface area contributed by atoms with Crippen LogP contribution in [0.4, 0.5) is 13.2 Å². The highest BCUT2D eigenvalue weighted by Gasteiger charge is 2.57. The summed E-state index contributed by atoms with van der Waals surface area (Å²) in [6.07, 6.45) is -0.768. The molecule has 0 radical (unpaired) electrons. The van der Waals surface area contributed by atoms with E-state index < -0.39 is 27.1 Å². The van der Waals surface area contributed by atoms with E-state index in [1.54, 1.807) is 42.5 Å². The van der Waals surface area contributed by atoms with Crippen LogP contribution in [0.2, 0.25) is 0 Å². The Kier molecular flexibility index (Phi) is 3.82. The monoisotopic (exact) mass is 384 g/mol. The van der Waals surface area contributed by atoms with Crippen molar-refractivity contribution in [2.75, 3.05) is 6.61 Å². The molecule has 2 aliphatic rings. The molecular formula is C18H15F3O4S. The van der Waals surface area contributed by atoms with E-state index in [4.69, 9.17) is 8.92 Å². The highest BCUT2D eigenvalue weighted by molar-refractivity contribution is 7.87. The van der Waals surface area contributed by atoms with Gasteiger partial charge in [0.15, 0.2) is 0 Å². The SMILES string of the molecule is O=S(=O)(OC1Cc2ccccc2C12CCOc1ccccc12)C(F)(F)F. The van der Waals surface area contributed by atoms with Crippen molar-refractivity contribution in [3.63, 3.8) is 0 Å². The first-order valence-corrected chi connectivity index (χ1v) is 9.47. The van der Waals surface area contributed by atoms with Gasteiger partial charge in [-0.3, -0.25) is 4.18 Å². The predicted octanol–water partition coefficient (Wildman–Crippen LogP) is 3.55. The molecule has 1 aliphatic heterocycles. The Morgan fingerprint density at radius 2 is 1.69 bits per heavy atom. The number of para-hydroxylation sites is 1. The summed E-state index contributed by atoms with van der Waals surface area (Å²) in [4.78, 5) is 0. The molecule has 26 heavy (non-hydrogen) atoms. The van der Waals surface area contributed by atoms with Crippen LogP contribution in [-0.4, -0.2) is 26.6 Å². The lowest BCUT2D eigenvalue weighted by Gasteiger charge is -2.40. The van der Waals surface area contributed by atoms with E-state index in [2.05, 4.69) is 0 Å². The van der Waals surface area contributed by atoms with Crippen LogP contribution >= 0.6 is 0 Å². The maximum absolute atomic E-state index is 12.9. The third kappa shape index (κ3) is 2.43. The van der Waals surface area contributed by atoms with Crippen LogP contribution in [0.1, 0.15) is 23.1 Å². The number of halogens is 3. The summed E-state index contributed by atoms with van der Waals surface area (Å²) in [5.41, 5.74) is -4.24. The normalized spacial score (nSPS) is 24.8. The van der Waals surface area contributed by atoms with Crippen LogP contribution in [0, 0.1) is 0 Å². The second kappa shape index (κ2) is 5.72. The van der Waals surface area contributed by atoms with Gasteiger partial charge in [0.25, 0.3) is 0 Å². The lowest BCUT2D eigenvalue weighted by Crippen LogP contribution is -2.45. The van der Waals surface area contributed by atoms with Gasteiger partial charge in [-0.2, -0.15) is 21.6 Å². The molecule has 0 fully saturated rings. The number of alkyl halides is 3. The second-order valence-corrected chi connectivity index (χ2v) is 7.98. The number of hydrogen-bond acceptors (Lipinski definition) is 4. The fourth-order valence-corrected chi connectivity index (χ4v) is 4.68. The maximum atomic E-state index is 12.9. The molecule has 2 aromatic carbocycles. The smallest absolute Gasteiger partial charge is 0.493 e. The number of hydrogen-bond donors (Lipinski definition) is 0. The molecule has 2 atom stereocenters. The van der Waals surface area contributed by atoms with Gasteiger partial charge < -0.3 is 4.74 Å². The van der Waals surface area contributed by atoms with Crippen molar-refractivity contribution in [2.24, 2.45) is 0 Å². The molecule has 0 aromatic heterocycles. The van der Waals surface area contributed by atoms with Crippen LogP contribution in [0.5, 0.6) is 5.75 Å². The Morgan fingerprint density at radius 1 is 1.04 bits per heavy atom. The van der Waals surface area contributed by atoms with Gasteiger partial charge in [0.1, 0.15) is 5.75 Å². The number of ether oxygens (including phenoxy) is 1. The molecule has 0 bridgehead atoms. The molecule has 4 nitrogen and oxygen atoms in total. The van der Waals surface area contributed by atoms with E-state index in [1.165, 1.54) is 0 Å². The number of rotatable bonds is 2. The van der Waals surface area contributed by atoms with E-state index in [1.807, 2.05) is 6.07 Å². The Balaban J connectivity index is 1.90. The van der Waals surface area contributed by atoms with Gasteiger partial charge in [-0.1, -0.05) is 42.5 Å². The first-order valence-electron chi connectivity index (χ1n) is 8.06. The summed E-state index contributed by atoms with van der Waals surface area (Å²) in [6.45, 7) is 0.261. The minimum Gasteiger partial charge on any atom is -0.493 e. The van der Waals surface area contributed by atoms with Crippen molar-refractivity contribution in [3.05, 3.63) is 65.2 Å². The highest BCUT2D eigenvalue weighted by Crippen LogP contribution is 2.53. The largest absolute Gasteiger partial charge is 0.523 e. The molecule has 1 aliphatic carbocycles. The molecule has 138 valence electrons. The fraction of sp³-hybridized carbons (Fsp3) is 0.333. The number of fused-ring (bicyclic) bond motifs is 4. The van der Waals surface area contributed by atoms with Gasteiger partial charge in [-0.25, -0.2) is 0 Å². The average molecular weight is 384 g/mol. The van der Waals surface area contributed by atoms with E-state index >= 15 is 0 Å². The maximum Gasteiger partial charge on any atom is 0.523 e. The molecule has 8 heteroatoms. The molecule has 1 heterocycles. The Hall–Kier alpha value is -2.06. The Labute approximate surface area is 148 Å². The van der Waals surface area contributed by atoms with Crippen LogP contribution in [0.3, 0.4) is 0 Å². The van der Waals surface area contributed by atoms with E-state index in [-0.39, 0.29) is 13.0 Å². The Morgan fingerprint density at radius 3 is 2.42 bits per heavy atom. The summed E-state index contributed by atoms with van der Waals surface area (Å²) >= 11 is 0. The zero-order valence-electron chi connectivity index (χ0n) is 13.5. The molecule has 2 aromatic rings. The lowest BCUT2D eigenvalue weighted by atomic mass is 9.70. The standard InChI is InChI=1S/C18H15F3O4S/c19-18(20,21)26(22,23)25-16-11-12-5-1-2-6-13(12)17(16)9-10-24-15-8-4-3-7-14(15)17/h1-8,16H,9-11H2. The van der Waals surface area contributed by atoms with Crippen LogP contribution in [0.15, 0.2) is 48.5 Å². The molecule has 4 rings (SSSR count). The molecule has 0 saturated heterocycles. The van der Waals surface area contributed by atoms with Crippen molar-refractivity contribution >= 4 is 10.1 Å². The van der Waals surface area contributed by atoms with E-state index in [0.29, 0.717) is 17.7 Å². The van der Waals surface area contributed by atoms with Gasteiger partial charge >= 0.3 is 15.6 Å². The van der Waals surface area contributed by atoms with Crippen molar-refractivity contribution in [2.45, 2.75) is 29.9 Å². The fourth-order valence-electron chi connectivity index (χ4n) is 4.04. The van der Waals surface area contributed by atoms with Crippen molar-refractivity contribution in [1.29, 1.82) is 0 Å². The first kappa shape index (κ1) is 17.4. The van der Waals surface area contributed by atoms with Gasteiger partial charge in [-0.05, 0) is 23.6 Å². The summed E-state index contributed by atoms with van der Waals surface area (Å²) in [6, 6.07) is 14.2. The molecule has 1 spiro atoms. The van der Waals surface area contributed by atoms with Gasteiger partial charge in [0, 0.05) is 12.0 Å². The summed E-state index contributed by atoms with van der Waals surface area (Å²) in [7, 11) is -5.72. The van der Waals surface area contributed by atoms with Gasteiger partial charge in [0.05, 0.1) is 18.1 Å². The second-order valence-electron chi connectivity index (χ2n) is 6.41. The minimum atomic E-state index is -5.72. The first-order chi connectivity index (χ1) is 12.3. The molecule has 2 unspecified atom stereocenters. The van der Waals surface area contributed by atoms with Gasteiger partial charge in [-0.15, -0.1) is 0 Å². The summed E-state index contributed by atoms with van der Waals surface area (Å²) < 4.78 is 72.7. The highest BCUT2D eigenvalue weighted by atomic mass is 32.2. The number of benzene rings is 2. The third-order valence-corrected chi connectivity index (χ3v) is 6.15. The van der Waals surface area contributed by atoms with Crippen LogP contribution in [-0.2, 0) is 26.1 Å². The quantitative estimate of drug-likeness (QED) is 0.587. The molecular weight excluding hydrogens is 369 g/mol. The van der Waals surface area contributed by atoms with Crippen molar-refractivity contribution in [3.8, 4) is 5.75 Å². The molecule has 0 saturated carbocycles. The predicted molar refractivity (Wildman–Crippen MR) is 87.3 cm³/mol. The van der Waals surface area contributed by atoms with E-state index in [9.17, 15) is 21.6 Å². The summed E-state index contributed by atoms with van der Waals surface area (Å²) in [5, 5.41) is 0. The molecule has 0 N–H and O–H groups in total. The average Bonchev–Trinajstić information content (AvgIpc) is 2.88. The van der Waals surface area contributed by atoms with Crippen molar-refractivity contribution in [1.82, 2.24) is 0 Å². The van der Waals surface area contributed by atoms with E-state index in [0.717, 1.165) is 11.1 Å². The molecule has 0 amide bonds.